The number of esters is 1. The van der Waals surface area contributed by atoms with E-state index in [1.165, 1.54) is 13.2 Å². The molecule has 0 heterocycles. The topological polar surface area (TPSA) is 72.5 Å². The Bertz CT molecular complexity index is 1090. The second-order valence-corrected chi connectivity index (χ2v) is 7.12. The van der Waals surface area contributed by atoms with Gasteiger partial charge in [0.2, 0.25) is 5.91 Å². The Morgan fingerprint density at radius 2 is 1.44 bits per heavy atom. The van der Waals surface area contributed by atoms with Gasteiger partial charge in [0.05, 0.1) is 13.5 Å². The molecule has 5 nitrogen and oxygen atoms in total. The van der Waals surface area contributed by atoms with E-state index in [2.05, 4.69) is 5.32 Å². The number of carbonyl (C=O) groups is 3. The predicted octanol–water partition coefficient (Wildman–Crippen LogP) is 3.64. The Hall–Kier alpha value is -3.87. The molecule has 0 aliphatic rings. The number of ketones is 1. The summed E-state index contributed by atoms with van der Waals surface area (Å²) in [4.78, 5) is 37.0. The number of amides is 1. The van der Waals surface area contributed by atoms with Crippen LogP contribution >= 0.6 is 0 Å². The molecule has 3 aromatic rings. The highest BCUT2D eigenvalue weighted by Crippen LogP contribution is 2.15. The van der Waals surface area contributed by atoms with Gasteiger partial charge in [0.1, 0.15) is 17.7 Å². The molecule has 0 fully saturated rings. The van der Waals surface area contributed by atoms with E-state index in [4.69, 9.17) is 4.74 Å². The SMILES string of the molecule is COC(=O)[C@H](Cc1ccc(C(=O)c2ccccc2)cc1)NC(=O)Cc1c(F)cccc1F. The highest BCUT2D eigenvalue weighted by atomic mass is 19.1. The lowest BCUT2D eigenvalue weighted by atomic mass is 9.99. The summed E-state index contributed by atoms with van der Waals surface area (Å²) >= 11 is 0. The van der Waals surface area contributed by atoms with E-state index in [-0.39, 0.29) is 17.8 Å². The zero-order valence-electron chi connectivity index (χ0n) is 17.3. The molecule has 0 spiro atoms. The van der Waals surface area contributed by atoms with E-state index in [1.54, 1.807) is 48.5 Å². The van der Waals surface area contributed by atoms with Gasteiger partial charge in [-0.15, -0.1) is 0 Å². The summed E-state index contributed by atoms with van der Waals surface area (Å²) in [5, 5.41) is 2.47. The van der Waals surface area contributed by atoms with Crippen LogP contribution in [0.3, 0.4) is 0 Å². The van der Waals surface area contributed by atoms with Crippen LogP contribution in [0.2, 0.25) is 0 Å². The quantitative estimate of drug-likeness (QED) is 0.432. The summed E-state index contributed by atoms with van der Waals surface area (Å²) in [7, 11) is 1.18. The fraction of sp³-hybridized carbons (Fsp3) is 0.160. The largest absolute Gasteiger partial charge is 0.467 e. The van der Waals surface area contributed by atoms with E-state index < -0.39 is 36.0 Å². The third-order valence-corrected chi connectivity index (χ3v) is 4.91. The molecule has 3 aromatic carbocycles. The molecule has 3 rings (SSSR count). The summed E-state index contributed by atoms with van der Waals surface area (Å²) in [6.45, 7) is 0. The van der Waals surface area contributed by atoms with Crippen molar-refractivity contribution in [2.75, 3.05) is 7.11 Å². The molecular formula is C25H21F2NO4. The van der Waals surface area contributed by atoms with Crippen molar-refractivity contribution >= 4 is 17.7 Å². The first-order chi connectivity index (χ1) is 15.4. The minimum absolute atomic E-state index is 0.0813. The maximum Gasteiger partial charge on any atom is 0.328 e. The zero-order valence-corrected chi connectivity index (χ0v) is 17.3. The molecule has 1 N–H and O–H groups in total. The minimum atomic E-state index is -1.06. The number of rotatable bonds is 8. The number of methoxy groups -OCH3 is 1. The van der Waals surface area contributed by atoms with Crippen LogP contribution in [0.1, 0.15) is 27.0 Å². The van der Waals surface area contributed by atoms with Crippen molar-refractivity contribution < 1.29 is 27.9 Å². The van der Waals surface area contributed by atoms with Gasteiger partial charge in [-0.25, -0.2) is 13.6 Å². The summed E-state index contributed by atoms with van der Waals surface area (Å²) < 4.78 is 32.4. The summed E-state index contributed by atoms with van der Waals surface area (Å²) in [6.07, 6.45) is -0.478. The van der Waals surface area contributed by atoms with Crippen molar-refractivity contribution in [3.05, 3.63) is 107 Å². The summed E-state index contributed by atoms with van der Waals surface area (Å²) in [5.41, 5.74) is 1.33. The Balaban J connectivity index is 1.70. The fourth-order valence-corrected chi connectivity index (χ4v) is 3.23. The fourth-order valence-electron chi connectivity index (χ4n) is 3.23. The first kappa shape index (κ1) is 22.8. The highest BCUT2D eigenvalue weighted by Gasteiger charge is 2.23. The van der Waals surface area contributed by atoms with Crippen molar-refractivity contribution in [3.8, 4) is 0 Å². The minimum Gasteiger partial charge on any atom is -0.467 e. The molecule has 0 bridgehead atoms. The molecule has 0 saturated heterocycles. The third-order valence-electron chi connectivity index (χ3n) is 4.91. The van der Waals surface area contributed by atoms with Crippen LogP contribution in [0.15, 0.2) is 72.8 Å². The van der Waals surface area contributed by atoms with Crippen LogP contribution < -0.4 is 5.32 Å². The van der Waals surface area contributed by atoms with Crippen molar-refractivity contribution in [1.29, 1.82) is 0 Å². The van der Waals surface area contributed by atoms with Crippen molar-refractivity contribution in [2.45, 2.75) is 18.9 Å². The molecule has 0 saturated carbocycles. The second kappa shape index (κ2) is 10.4. The van der Waals surface area contributed by atoms with Gasteiger partial charge in [-0.3, -0.25) is 9.59 Å². The normalized spacial score (nSPS) is 11.5. The number of carbonyl (C=O) groups excluding carboxylic acids is 3. The van der Waals surface area contributed by atoms with Crippen molar-refractivity contribution in [2.24, 2.45) is 0 Å². The van der Waals surface area contributed by atoms with Gasteiger partial charge in [0.25, 0.3) is 0 Å². The van der Waals surface area contributed by atoms with Gasteiger partial charge < -0.3 is 10.1 Å². The molecule has 0 aliphatic carbocycles. The van der Waals surface area contributed by atoms with Gasteiger partial charge in [0.15, 0.2) is 5.78 Å². The lowest BCUT2D eigenvalue weighted by Crippen LogP contribution is -2.43. The third kappa shape index (κ3) is 5.63. The van der Waals surface area contributed by atoms with Gasteiger partial charge in [-0.2, -0.15) is 0 Å². The van der Waals surface area contributed by atoms with E-state index in [0.717, 1.165) is 12.1 Å². The van der Waals surface area contributed by atoms with Crippen LogP contribution in [-0.2, 0) is 27.2 Å². The lowest BCUT2D eigenvalue weighted by molar-refractivity contribution is -0.145. The smallest absolute Gasteiger partial charge is 0.328 e. The molecule has 32 heavy (non-hydrogen) atoms. The van der Waals surface area contributed by atoms with E-state index >= 15 is 0 Å². The number of nitrogens with one attached hydrogen (secondary N) is 1. The zero-order chi connectivity index (χ0) is 23.1. The van der Waals surface area contributed by atoms with Crippen LogP contribution in [-0.4, -0.2) is 30.8 Å². The van der Waals surface area contributed by atoms with Gasteiger partial charge in [-0.1, -0.05) is 60.7 Å². The number of ether oxygens (including phenoxy) is 1. The average molecular weight is 437 g/mol. The van der Waals surface area contributed by atoms with Crippen LogP contribution in [0, 0.1) is 11.6 Å². The Morgan fingerprint density at radius 1 is 0.844 bits per heavy atom. The lowest BCUT2D eigenvalue weighted by Gasteiger charge is -2.17. The van der Waals surface area contributed by atoms with Crippen molar-refractivity contribution in [1.82, 2.24) is 5.32 Å². The standard InChI is InChI=1S/C25H21F2NO4/c1-32-25(31)22(28-23(29)15-19-20(26)8-5-9-21(19)27)14-16-10-12-18(13-11-16)24(30)17-6-3-2-4-7-17/h2-13,22H,14-15H2,1H3,(H,28,29)/t22-/m0/s1. The molecule has 0 radical (unpaired) electrons. The summed E-state index contributed by atoms with van der Waals surface area (Å²) in [6, 6.07) is 17.7. The average Bonchev–Trinajstić information content (AvgIpc) is 2.81. The van der Waals surface area contributed by atoms with Gasteiger partial charge >= 0.3 is 5.97 Å². The number of halogens is 2. The predicted molar refractivity (Wildman–Crippen MR) is 114 cm³/mol. The monoisotopic (exact) mass is 437 g/mol. The van der Waals surface area contributed by atoms with Gasteiger partial charge in [0, 0.05) is 23.1 Å². The second-order valence-electron chi connectivity index (χ2n) is 7.12. The van der Waals surface area contributed by atoms with Crippen LogP contribution in [0.5, 0.6) is 0 Å². The maximum absolute atomic E-state index is 13.8. The Morgan fingerprint density at radius 3 is 2.03 bits per heavy atom. The summed E-state index contributed by atoms with van der Waals surface area (Å²) in [5.74, 6) is -3.24. The molecule has 7 heteroatoms. The Kier molecular flexibility index (Phi) is 7.44. The first-order valence-corrected chi connectivity index (χ1v) is 9.88. The number of benzene rings is 3. The number of hydrogen-bond acceptors (Lipinski definition) is 4. The van der Waals surface area contributed by atoms with E-state index in [1.807, 2.05) is 6.07 Å². The van der Waals surface area contributed by atoms with E-state index in [9.17, 15) is 23.2 Å². The molecule has 0 aromatic heterocycles. The molecular weight excluding hydrogens is 416 g/mol. The Labute approximate surface area is 184 Å². The van der Waals surface area contributed by atoms with E-state index in [0.29, 0.717) is 16.7 Å². The molecule has 1 amide bonds. The first-order valence-electron chi connectivity index (χ1n) is 9.88. The molecule has 164 valence electrons. The van der Waals surface area contributed by atoms with Crippen molar-refractivity contribution in [3.63, 3.8) is 0 Å². The van der Waals surface area contributed by atoms with Gasteiger partial charge in [-0.05, 0) is 17.7 Å². The molecule has 0 aliphatic heterocycles. The van der Waals surface area contributed by atoms with Crippen LogP contribution in [0.25, 0.3) is 0 Å². The maximum atomic E-state index is 13.8. The molecule has 0 unspecified atom stereocenters. The highest BCUT2D eigenvalue weighted by molar-refractivity contribution is 6.08. The molecule has 1 atom stereocenters. The number of hydrogen-bond donors (Lipinski definition) is 1. The van der Waals surface area contributed by atoms with Crippen LogP contribution in [0.4, 0.5) is 8.78 Å².